The number of rotatable bonds is 7. The lowest BCUT2D eigenvalue weighted by Gasteiger charge is -2.10. The summed E-state index contributed by atoms with van der Waals surface area (Å²) in [5, 5.41) is 16.4. The third kappa shape index (κ3) is 4.56. The van der Waals surface area contributed by atoms with Gasteiger partial charge in [0.2, 0.25) is 0 Å². The van der Waals surface area contributed by atoms with Crippen molar-refractivity contribution in [2.75, 3.05) is 24.3 Å². The Morgan fingerprint density at radius 1 is 1.15 bits per heavy atom. The molecule has 0 saturated carbocycles. The standard InChI is InChI=1S/C18H19N3O5/c1-3-12-6-4-5-7-14(12)20-17(22)11-26-18(23)13-8-9-15(19-2)16(10-13)21(24)25/h4-10,19H,3,11H2,1-2H3,(H,20,22). The van der Waals surface area contributed by atoms with Crippen molar-refractivity contribution in [3.8, 4) is 0 Å². The van der Waals surface area contributed by atoms with Crippen LogP contribution in [0.5, 0.6) is 0 Å². The Kier molecular flexibility index (Phi) is 6.26. The Labute approximate surface area is 150 Å². The van der Waals surface area contributed by atoms with E-state index >= 15 is 0 Å². The number of carbonyl (C=O) groups is 2. The number of ether oxygens (including phenoxy) is 1. The summed E-state index contributed by atoms with van der Waals surface area (Å²) >= 11 is 0. The third-order valence-electron chi connectivity index (χ3n) is 3.71. The predicted octanol–water partition coefficient (Wildman–Crippen LogP) is 2.99. The van der Waals surface area contributed by atoms with Gasteiger partial charge in [-0.25, -0.2) is 4.79 Å². The van der Waals surface area contributed by atoms with Gasteiger partial charge in [0, 0.05) is 18.8 Å². The van der Waals surface area contributed by atoms with Crippen molar-refractivity contribution in [2.24, 2.45) is 0 Å². The van der Waals surface area contributed by atoms with E-state index in [9.17, 15) is 19.7 Å². The maximum Gasteiger partial charge on any atom is 0.338 e. The second-order valence-corrected chi connectivity index (χ2v) is 5.37. The van der Waals surface area contributed by atoms with Crippen molar-refractivity contribution < 1.29 is 19.2 Å². The molecule has 0 atom stereocenters. The van der Waals surface area contributed by atoms with Crippen LogP contribution in [-0.4, -0.2) is 30.5 Å². The van der Waals surface area contributed by atoms with Crippen LogP contribution in [0.25, 0.3) is 0 Å². The van der Waals surface area contributed by atoms with E-state index in [1.165, 1.54) is 12.1 Å². The average molecular weight is 357 g/mol. The Morgan fingerprint density at radius 3 is 2.54 bits per heavy atom. The Hall–Kier alpha value is -3.42. The maximum absolute atomic E-state index is 12.1. The number of anilines is 2. The highest BCUT2D eigenvalue weighted by molar-refractivity contribution is 5.96. The summed E-state index contributed by atoms with van der Waals surface area (Å²) in [7, 11) is 1.54. The first-order valence-corrected chi connectivity index (χ1v) is 7.97. The van der Waals surface area contributed by atoms with Gasteiger partial charge >= 0.3 is 5.97 Å². The molecular weight excluding hydrogens is 338 g/mol. The fourth-order valence-corrected chi connectivity index (χ4v) is 2.37. The highest BCUT2D eigenvalue weighted by atomic mass is 16.6. The van der Waals surface area contributed by atoms with Gasteiger partial charge in [-0.3, -0.25) is 14.9 Å². The number of aryl methyl sites for hydroxylation is 1. The molecule has 0 saturated heterocycles. The summed E-state index contributed by atoms with van der Waals surface area (Å²) in [6.45, 7) is 1.48. The number of amides is 1. The first kappa shape index (κ1) is 18.9. The van der Waals surface area contributed by atoms with Gasteiger partial charge in [-0.15, -0.1) is 0 Å². The molecule has 2 aromatic carbocycles. The molecule has 2 rings (SSSR count). The van der Waals surface area contributed by atoms with Gasteiger partial charge in [0.05, 0.1) is 10.5 Å². The minimum absolute atomic E-state index is 0.00235. The van der Waals surface area contributed by atoms with Crippen LogP contribution in [-0.2, 0) is 16.0 Å². The SMILES string of the molecule is CCc1ccccc1NC(=O)COC(=O)c1ccc(NC)c([N+](=O)[O-])c1. The van der Waals surface area contributed by atoms with Crippen LogP contribution in [0.3, 0.4) is 0 Å². The molecule has 2 N–H and O–H groups in total. The predicted molar refractivity (Wildman–Crippen MR) is 97.4 cm³/mol. The number of hydrogen-bond acceptors (Lipinski definition) is 6. The molecule has 0 bridgehead atoms. The lowest BCUT2D eigenvalue weighted by Crippen LogP contribution is -2.21. The Balaban J connectivity index is 2.01. The van der Waals surface area contributed by atoms with Crippen LogP contribution in [0.4, 0.5) is 17.1 Å². The molecule has 0 aliphatic rings. The van der Waals surface area contributed by atoms with Gasteiger partial charge in [-0.1, -0.05) is 25.1 Å². The molecule has 136 valence electrons. The number of hydrogen-bond donors (Lipinski definition) is 2. The van der Waals surface area contributed by atoms with Gasteiger partial charge in [0.15, 0.2) is 6.61 Å². The van der Waals surface area contributed by atoms with Gasteiger partial charge in [0.1, 0.15) is 5.69 Å². The topological polar surface area (TPSA) is 111 Å². The van der Waals surface area contributed by atoms with E-state index in [4.69, 9.17) is 4.74 Å². The van der Waals surface area contributed by atoms with Crippen LogP contribution in [0.15, 0.2) is 42.5 Å². The largest absolute Gasteiger partial charge is 0.452 e. The zero-order chi connectivity index (χ0) is 19.1. The lowest BCUT2D eigenvalue weighted by atomic mass is 10.1. The normalized spacial score (nSPS) is 10.1. The van der Waals surface area contributed by atoms with Crippen LogP contribution in [0, 0.1) is 10.1 Å². The van der Waals surface area contributed by atoms with Crippen molar-refractivity contribution in [1.82, 2.24) is 0 Å². The summed E-state index contributed by atoms with van der Waals surface area (Å²) < 4.78 is 4.95. The van der Waals surface area contributed by atoms with Crippen LogP contribution in [0.2, 0.25) is 0 Å². The molecule has 2 aromatic rings. The van der Waals surface area contributed by atoms with Crippen LogP contribution in [0.1, 0.15) is 22.8 Å². The Bertz CT molecular complexity index is 835. The van der Waals surface area contributed by atoms with E-state index in [0.29, 0.717) is 5.69 Å². The molecule has 0 radical (unpaired) electrons. The first-order chi connectivity index (χ1) is 12.5. The first-order valence-electron chi connectivity index (χ1n) is 7.97. The van der Waals surface area contributed by atoms with Crippen molar-refractivity contribution in [2.45, 2.75) is 13.3 Å². The summed E-state index contributed by atoms with van der Waals surface area (Å²) in [5.74, 6) is -1.30. The van der Waals surface area contributed by atoms with E-state index in [1.54, 1.807) is 19.2 Å². The zero-order valence-electron chi connectivity index (χ0n) is 14.4. The highest BCUT2D eigenvalue weighted by Crippen LogP contribution is 2.25. The van der Waals surface area contributed by atoms with E-state index in [0.717, 1.165) is 18.1 Å². The summed E-state index contributed by atoms with van der Waals surface area (Å²) in [6, 6.07) is 11.2. The lowest BCUT2D eigenvalue weighted by molar-refractivity contribution is -0.384. The fourth-order valence-electron chi connectivity index (χ4n) is 2.37. The van der Waals surface area contributed by atoms with E-state index in [2.05, 4.69) is 10.6 Å². The zero-order valence-corrected chi connectivity index (χ0v) is 14.4. The average Bonchev–Trinajstić information content (AvgIpc) is 2.65. The molecule has 0 aliphatic carbocycles. The summed E-state index contributed by atoms with van der Waals surface area (Å²) in [6.07, 6.45) is 0.748. The van der Waals surface area contributed by atoms with Crippen molar-refractivity contribution >= 4 is 28.9 Å². The van der Waals surface area contributed by atoms with Gasteiger partial charge in [-0.2, -0.15) is 0 Å². The second kappa shape index (κ2) is 8.61. The van der Waals surface area contributed by atoms with Gasteiger partial charge in [-0.05, 0) is 30.2 Å². The third-order valence-corrected chi connectivity index (χ3v) is 3.71. The molecule has 0 fully saturated rings. The smallest absolute Gasteiger partial charge is 0.338 e. The van der Waals surface area contributed by atoms with E-state index in [1.807, 2.05) is 19.1 Å². The van der Waals surface area contributed by atoms with Gasteiger partial charge in [0.25, 0.3) is 11.6 Å². The molecule has 26 heavy (non-hydrogen) atoms. The number of para-hydroxylation sites is 1. The van der Waals surface area contributed by atoms with E-state index in [-0.39, 0.29) is 16.9 Å². The number of nitro benzene ring substituents is 1. The molecule has 1 amide bonds. The van der Waals surface area contributed by atoms with Crippen molar-refractivity contribution in [3.05, 3.63) is 63.7 Å². The monoisotopic (exact) mass is 357 g/mol. The number of nitrogens with zero attached hydrogens (tertiary/aromatic N) is 1. The van der Waals surface area contributed by atoms with E-state index < -0.39 is 23.4 Å². The quantitative estimate of drug-likeness (QED) is 0.448. The number of benzene rings is 2. The van der Waals surface area contributed by atoms with Crippen LogP contribution >= 0.6 is 0 Å². The number of esters is 1. The fraction of sp³-hybridized carbons (Fsp3) is 0.222. The number of nitro groups is 1. The van der Waals surface area contributed by atoms with Crippen molar-refractivity contribution in [1.29, 1.82) is 0 Å². The summed E-state index contributed by atoms with van der Waals surface area (Å²) in [4.78, 5) is 34.5. The number of nitrogens with one attached hydrogen (secondary N) is 2. The van der Waals surface area contributed by atoms with Gasteiger partial charge < -0.3 is 15.4 Å². The molecule has 0 spiro atoms. The van der Waals surface area contributed by atoms with Crippen LogP contribution < -0.4 is 10.6 Å². The number of carbonyl (C=O) groups excluding carboxylic acids is 2. The minimum atomic E-state index is -0.810. The maximum atomic E-state index is 12.1. The molecule has 0 aromatic heterocycles. The minimum Gasteiger partial charge on any atom is -0.452 e. The second-order valence-electron chi connectivity index (χ2n) is 5.37. The molecule has 8 nitrogen and oxygen atoms in total. The summed E-state index contributed by atoms with van der Waals surface area (Å²) in [5.41, 5.74) is 1.65. The highest BCUT2D eigenvalue weighted by Gasteiger charge is 2.18. The molecule has 0 aliphatic heterocycles. The Morgan fingerprint density at radius 2 is 1.88 bits per heavy atom. The molecule has 8 heteroatoms. The molecule has 0 unspecified atom stereocenters. The van der Waals surface area contributed by atoms with Crippen molar-refractivity contribution in [3.63, 3.8) is 0 Å². The molecule has 0 heterocycles. The molecular formula is C18H19N3O5.